The summed E-state index contributed by atoms with van der Waals surface area (Å²) in [4.78, 5) is 14.0. The van der Waals surface area contributed by atoms with Crippen molar-refractivity contribution in [3.05, 3.63) is 48.0 Å². The minimum atomic E-state index is -0.281. The van der Waals surface area contributed by atoms with Crippen LogP contribution in [0.5, 0.6) is 0 Å². The monoisotopic (exact) mass is 332 g/mol. The first-order valence-corrected chi connectivity index (χ1v) is 7.96. The molecule has 0 radical (unpaired) electrons. The van der Waals surface area contributed by atoms with Crippen LogP contribution >= 0.6 is 0 Å². The molecule has 1 N–H and O–H groups in total. The highest BCUT2D eigenvalue weighted by Crippen LogP contribution is 2.11. The molecule has 1 fully saturated rings. The largest absolute Gasteiger partial charge is 0.378 e. The molecule has 3 rings (SSSR count). The summed E-state index contributed by atoms with van der Waals surface area (Å²) >= 11 is 0. The van der Waals surface area contributed by atoms with Crippen LogP contribution in [0.4, 0.5) is 4.39 Å². The lowest BCUT2D eigenvalue weighted by Crippen LogP contribution is -2.44. The third kappa shape index (κ3) is 4.18. The fourth-order valence-corrected chi connectivity index (χ4v) is 2.66. The van der Waals surface area contributed by atoms with E-state index in [-0.39, 0.29) is 17.8 Å². The molecule has 1 aliphatic rings. The van der Waals surface area contributed by atoms with Crippen molar-refractivity contribution in [1.29, 1.82) is 0 Å². The molecule has 1 aliphatic heterocycles. The van der Waals surface area contributed by atoms with Gasteiger partial charge in [0.2, 0.25) is 5.91 Å². The zero-order valence-electron chi connectivity index (χ0n) is 13.6. The Hall–Kier alpha value is -2.25. The van der Waals surface area contributed by atoms with E-state index in [2.05, 4.69) is 10.4 Å². The third-order valence-electron chi connectivity index (χ3n) is 3.99. The molecular weight excluding hydrogens is 311 g/mol. The standard InChI is InChI=1S/C17H21FN4O2/c1-21(17(23)8-15-12-24-7-6-19-15)10-13-9-20-22(11-13)16-4-2-14(18)3-5-16/h2-5,9,11,15,19H,6-8,10,12H2,1H3. The zero-order chi connectivity index (χ0) is 16.9. The van der Waals surface area contributed by atoms with Gasteiger partial charge in [-0.15, -0.1) is 0 Å². The molecule has 0 saturated carbocycles. The number of benzene rings is 1. The molecule has 128 valence electrons. The summed E-state index contributed by atoms with van der Waals surface area (Å²) in [6, 6.07) is 6.19. The average Bonchev–Trinajstić information content (AvgIpc) is 3.05. The van der Waals surface area contributed by atoms with Crippen molar-refractivity contribution in [3.63, 3.8) is 0 Å². The first-order chi connectivity index (χ1) is 11.6. The summed E-state index contributed by atoms with van der Waals surface area (Å²) < 4.78 is 20.0. The van der Waals surface area contributed by atoms with E-state index >= 15 is 0 Å². The van der Waals surface area contributed by atoms with Gasteiger partial charge < -0.3 is 15.0 Å². The minimum Gasteiger partial charge on any atom is -0.378 e. The van der Waals surface area contributed by atoms with Crippen molar-refractivity contribution in [1.82, 2.24) is 20.0 Å². The fraction of sp³-hybridized carbons (Fsp3) is 0.412. The molecule has 0 aliphatic carbocycles. The number of aromatic nitrogens is 2. The summed E-state index contributed by atoms with van der Waals surface area (Å²) in [7, 11) is 1.78. The Morgan fingerprint density at radius 1 is 1.46 bits per heavy atom. The van der Waals surface area contributed by atoms with Crippen molar-refractivity contribution in [3.8, 4) is 5.69 Å². The fourth-order valence-electron chi connectivity index (χ4n) is 2.66. The summed E-state index contributed by atoms with van der Waals surface area (Å²) in [5.74, 6) is -0.218. The van der Waals surface area contributed by atoms with Gasteiger partial charge in [-0.3, -0.25) is 4.79 Å². The second-order valence-electron chi connectivity index (χ2n) is 5.95. The van der Waals surface area contributed by atoms with Crippen molar-refractivity contribution in [2.75, 3.05) is 26.8 Å². The number of nitrogens with zero attached hydrogens (tertiary/aromatic N) is 3. The number of hydrogen-bond acceptors (Lipinski definition) is 4. The summed E-state index contributed by atoms with van der Waals surface area (Å²) in [6.07, 6.45) is 3.98. The van der Waals surface area contributed by atoms with E-state index in [1.807, 2.05) is 6.20 Å². The van der Waals surface area contributed by atoms with Crippen LogP contribution in [0.15, 0.2) is 36.7 Å². The maximum atomic E-state index is 13.0. The Labute approximate surface area is 140 Å². The van der Waals surface area contributed by atoms with E-state index in [4.69, 9.17) is 4.74 Å². The number of hydrogen-bond donors (Lipinski definition) is 1. The van der Waals surface area contributed by atoms with Gasteiger partial charge in [-0.05, 0) is 24.3 Å². The second-order valence-corrected chi connectivity index (χ2v) is 5.95. The van der Waals surface area contributed by atoms with Crippen LogP contribution in [-0.2, 0) is 16.1 Å². The van der Waals surface area contributed by atoms with Crippen molar-refractivity contribution < 1.29 is 13.9 Å². The lowest BCUT2D eigenvalue weighted by molar-refractivity contribution is -0.131. The van der Waals surface area contributed by atoms with E-state index in [0.717, 1.165) is 17.8 Å². The lowest BCUT2D eigenvalue weighted by Gasteiger charge is -2.25. The molecule has 0 spiro atoms. The van der Waals surface area contributed by atoms with E-state index < -0.39 is 0 Å². The van der Waals surface area contributed by atoms with Crippen LogP contribution in [0.3, 0.4) is 0 Å². The molecule has 2 aromatic rings. The third-order valence-corrected chi connectivity index (χ3v) is 3.99. The van der Waals surface area contributed by atoms with Gasteiger partial charge in [-0.25, -0.2) is 9.07 Å². The summed E-state index contributed by atoms with van der Waals surface area (Å²) in [5.41, 5.74) is 1.70. The van der Waals surface area contributed by atoms with E-state index in [1.54, 1.807) is 35.0 Å². The highest BCUT2D eigenvalue weighted by molar-refractivity contribution is 5.76. The van der Waals surface area contributed by atoms with Crippen LogP contribution < -0.4 is 5.32 Å². The van der Waals surface area contributed by atoms with Crippen LogP contribution in [0.25, 0.3) is 5.69 Å². The highest BCUT2D eigenvalue weighted by Gasteiger charge is 2.19. The Morgan fingerprint density at radius 3 is 2.96 bits per heavy atom. The van der Waals surface area contributed by atoms with Gasteiger partial charge in [0.05, 0.1) is 25.1 Å². The first-order valence-electron chi connectivity index (χ1n) is 7.96. The van der Waals surface area contributed by atoms with Crippen LogP contribution in [0, 0.1) is 5.82 Å². The van der Waals surface area contributed by atoms with Gasteiger partial charge >= 0.3 is 0 Å². The zero-order valence-corrected chi connectivity index (χ0v) is 13.6. The second kappa shape index (κ2) is 7.55. The van der Waals surface area contributed by atoms with E-state index in [0.29, 0.717) is 26.2 Å². The number of rotatable bonds is 5. The molecule has 1 unspecified atom stereocenters. The number of carbonyl (C=O) groups excluding carboxylic acids is 1. The predicted molar refractivity (Wildman–Crippen MR) is 87.2 cm³/mol. The first kappa shape index (κ1) is 16.6. The number of amides is 1. The van der Waals surface area contributed by atoms with Crippen molar-refractivity contribution in [2.45, 2.75) is 19.0 Å². The number of ether oxygens (including phenoxy) is 1. The van der Waals surface area contributed by atoms with Gasteiger partial charge in [-0.1, -0.05) is 0 Å². The Morgan fingerprint density at radius 2 is 2.25 bits per heavy atom. The van der Waals surface area contributed by atoms with Crippen LogP contribution in [0.1, 0.15) is 12.0 Å². The van der Waals surface area contributed by atoms with Gasteiger partial charge in [0, 0.05) is 44.4 Å². The smallest absolute Gasteiger partial charge is 0.224 e. The molecule has 1 amide bonds. The predicted octanol–water partition coefficient (Wildman–Crippen LogP) is 1.35. The Bertz CT molecular complexity index is 680. The number of carbonyl (C=O) groups is 1. The van der Waals surface area contributed by atoms with Crippen molar-refractivity contribution >= 4 is 5.91 Å². The molecule has 6 nitrogen and oxygen atoms in total. The molecular formula is C17H21FN4O2. The topological polar surface area (TPSA) is 59.4 Å². The number of nitrogens with one attached hydrogen (secondary N) is 1. The molecule has 1 aromatic carbocycles. The average molecular weight is 332 g/mol. The van der Waals surface area contributed by atoms with Gasteiger partial charge in [0.15, 0.2) is 0 Å². The van der Waals surface area contributed by atoms with Crippen molar-refractivity contribution in [2.24, 2.45) is 0 Å². The molecule has 7 heteroatoms. The molecule has 1 saturated heterocycles. The molecule has 24 heavy (non-hydrogen) atoms. The summed E-state index contributed by atoms with van der Waals surface area (Å²) in [6.45, 7) is 2.53. The normalized spacial score (nSPS) is 17.7. The van der Waals surface area contributed by atoms with Gasteiger partial charge in [-0.2, -0.15) is 5.10 Å². The van der Waals surface area contributed by atoms with E-state index in [1.165, 1.54) is 12.1 Å². The van der Waals surface area contributed by atoms with Gasteiger partial charge in [0.25, 0.3) is 0 Å². The maximum Gasteiger partial charge on any atom is 0.224 e. The molecule has 2 heterocycles. The SMILES string of the molecule is CN(Cc1cnn(-c2ccc(F)cc2)c1)C(=O)CC1COCCN1. The van der Waals surface area contributed by atoms with E-state index in [9.17, 15) is 9.18 Å². The minimum absolute atomic E-state index is 0.0625. The number of halogens is 1. The van der Waals surface area contributed by atoms with Gasteiger partial charge in [0.1, 0.15) is 5.82 Å². The van der Waals surface area contributed by atoms with Crippen LogP contribution in [0.2, 0.25) is 0 Å². The number of morpholine rings is 1. The highest BCUT2D eigenvalue weighted by atomic mass is 19.1. The molecule has 1 atom stereocenters. The molecule has 0 bridgehead atoms. The lowest BCUT2D eigenvalue weighted by atomic mass is 10.2. The maximum absolute atomic E-state index is 13.0. The van der Waals surface area contributed by atoms with Crippen LogP contribution in [-0.4, -0.2) is 53.4 Å². The molecule has 1 aromatic heterocycles. The Kier molecular flexibility index (Phi) is 5.22. The quantitative estimate of drug-likeness (QED) is 0.898. The Balaban J connectivity index is 1.57. The summed E-state index contributed by atoms with van der Waals surface area (Å²) in [5, 5.41) is 7.55.